The molecule has 1 aliphatic rings. The van der Waals surface area contributed by atoms with E-state index in [4.69, 9.17) is 14.5 Å². The molecule has 0 amide bonds. The first-order valence-corrected chi connectivity index (χ1v) is 10.3. The van der Waals surface area contributed by atoms with E-state index < -0.39 is 0 Å². The Morgan fingerprint density at radius 1 is 1.07 bits per heavy atom. The van der Waals surface area contributed by atoms with Crippen LogP contribution in [0.5, 0.6) is 11.5 Å². The van der Waals surface area contributed by atoms with Gasteiger partial charge in [0.2, 0.25) is 5.90 Å². The number of carbonyl (C=O) groups is 1. The number of aliphatic imine (C=N–C) groups is 1. The Kier molecular flexibility index (Phi) is 5.93. The first-order valence-electron chi connectivity index (χ1n) is 10.3. The fourth-order valence-electron chi connectivity index (χ4n) is 3.40. The maximum Gasteiger partial charge on any atom is 0.216 e. The van der Waals surface area contributed by atoms with Crippen LogP contribution in [-0.2, 0) is 15.6 Å². The quantitative estimate of drug-likeness (QED) is 0.704. The molecule has 0 aliphatic carbocycles. The normalized spacial score (nSPS) is 16.7. The Bertz CT molecular complexity index is 912. The second-order valence-electron chi connectivity index (χ2n) is 9.82. The molecule has 1 heterocycles. The van der Waals surface area contributed by atoms with Crippen molar-refractivity contribution in [3.05, 3.63) is 58.7 Å². The van der Waals surface area contributed by atoms with Gasteiger partial charge in [0.05, 0.1) is 0 Å². The molecule has 3 rings (SSSR count). The highest BCUT2D eigenvalue weighted by Gasteiger charge is 2.29. The number of ether oxygens (including phenoxy) is 2. The van der Waals surface area contributed by atoms with E-state index in [0.717, 1.165) is 23.0 Å². The number of carbonyl (C=O) groups excluding carboxylic acids is 1. The predicted octanol–water partition coefficient (Wildman–Crippen LogP) is 5.02. The molecule has 2 aromatic rings. The van der Waals surface area contributed by atoms with Crippen LogP contribution in [0.4, 0.5) is 0 Å². The molecule has 1 N–H and O–H groups in total. The largest absolute Gasteiger partial charge is 0.507 e. The molecule has 0 bridgehead atoms. The highest BCUT2D eigenvalue weighted by atomic mass is 16.5. The Morgan fingerprint density at radius 2 is 1.63 bits per heavy atom. The zero-order valence-electron chi connectivity index (χ0n) is 18.7. The van der Waals surface area contributed by atoms with Crippen molar-refractivity contribution in [3.63, 3.8) is 0 Å². The summed E-state index contributed by atoms with van der Waals surface area (Å²) in [5.41, 5.74) is 2.83. The van der Waals surface area contributed by atoms with Gasteiger partial charge in [-0.1, -0.05) is 41.5 Å². The summed E-state index contributed by atoms with van der Waals surface area (Å²) in [6.45, 7) is 13.3. The predicted molar refractivity (Wildman–Crippen MR) is 119 cm³/mol. The summed E-state index contributed by atoms with van der Waals surface area (Å²) in [7, 11) is 0. The van der Waals surface area contributed by atoms with E-state index in [1.54, 1.807) is 24.3 Å². The monoisotopic (exact) mass is 409 g/mol. The lowest BCUT2D eigenvalue weighted by Crippen LogP contribution is -2.19. The molecule has 1 unspecified atom stereocenters. The SMILES string of the molecule is CC(C)(C)c1cc(C2=NC(COc3ccc(C=O)cc3)CO2)cc(C(C)(C)C)c1O. The van der Waals surface area contributed by atoms with Crippen molar-refractivity contribution in [2.75, 3.05) is 13.2 Å². The maximum atomic E-state index is 10.9. The number of phenols is 1. The number of benzene rings is 2. The Balaban J connectivity index is 1.83. The minimum atomic E-state index is -0.213. The molecular weight excluding hydrogens is 378 g/mol. The van der Waals surface area contributed by atoms with Gasteiger partial charge in [-0.05, 0) is 47.2 Å². The number of nitrogens with zero attached hydrogens (tertiary/aromatic N) is 1. The standard InChI is InChI=1S/C25H31NO4/c1-24(2,3)20-11-17(12-21(22(20)28)25(4,5)6)23-26-18(15-30-23)14-29-19-9-7-16(13-27)8-10-19/h7-13,18,28H,14-15H2,1-6H3. The second-order valence-corrected chi connectivity index (χ2v) is 9.82. The minimum Gasteiger partial charge on any atom is -0.507 e. The molecule has 0 aromatic heterocycles. The number of aldehydes is 1. The van der Waals surface area contributed by atoms with Gasteiger partial charge < -0.3 is 14.6 Å². The fraction of sp³-hybridized carbons (Fsp3) is 0.440. The molecule has 0 spiro atoms. The van der Waals surface area contributed by atoms with Crippen LogP contribution < -0.4 is 4.74 Å². The first kappa shape index (κ1) is 21.9. The zero-order valence-corrected chi connectivity index (χ0v) is 18.7. The van der Waals surface area contributed by atoms with Crippen LogP contribution in [0.2, 0.25) is 0 Å². The van der Waals surface area contributed by atoms with Gasteiger partial charge in [0.15, 0.2) is 0 Å². The molecule has 5 heteroatoms. The van der Waals surface area contributed by atoms with Crippen molar-refractivity contribution in [1.82, 2.24) is 0 Å². The van der Waals surface area contributed by atoms with Gasteiger partial charge in [-0.25, -0.2) is 4.99 Å². The second kappa shape index (κ2) is 8.13. The van der Waals surface area contributed by atoms with E-state index in [-0.39, 0.29) is 16.9 Å². The molecule has 2 aromatic carbocycles. The maximum absolute atomic E-state index is 10.9. The molecule has 30 heavy (non-hydrogen) atoms. The third-order valence-corrected chi connectivity index (χ3v) is 5.14. The van der Waals surface area contributed by atoms with Crippen LogP contribution >= 0.6 is 0 Å². The summed E-state index contributed by atoms with van der Waals surface area (Å²) in [5, 5.41) is 10.9. The topological polar surface area (TPSA) is 68.1 Å². The molecule has 0 saturated carbocycles. The van der Waals surface area contributed by atoms with Crippen molar-refractivity contribution in [2.24, 2.45) is 4.99 Å². The number of hydrogen-bond acceptors (Lipinski definition) is 5. The molecule has 0 fully saturated rings. The van der Waals surface area contributed by atoms with Crippen LogP contribution in [-0.4, -0.2) is 36.5 Å². The van der Waals surface area contributed by atoms with Crippen molar-refractivity contribution >= 4 is 12.2 Å². The molecule has 160 valence electrons. The van der Waals surface area contributed by atoms with Crippen LogP contribution in [0.1, 0.15) is 68.6 Å². The fourth-order valence-corrected chi connectivity index (χ4v) is 3.40. The van der Waals surface area contributed by atoms with Gasteiger partial charge in [-0.2, -0.15) is 0 Å². The van der Waals surface area contributed by atoms with Crippen molar-refractivity contribution < 1.29 is 19.4 Å². The van der Waals surface area contributed by atoms with E-state index in [2.05, 4.69) is 41.5 Å². The van der Waals surface area contributed by atoms with E-state index in [0.29, 0.717) is 36.2 Å². The van der Waals surface area contributed by atoms with Crippen molar-refractivity contribution in [2.45, 2.75) is 58.4 Å². The van der Waals surface area contributed by atoms with Crippen LogP contribution in [0.25, 0.3) is 0 Å². The molecule has 0 radical (unpaired) electrons. The smallest absolute Gasteiger partial charge is 0.216 e. The van der Waals surface area contributed by atoms with Gasteiger partial charge >= 0.3 is 0 Å². The summed E-state index contributed by atoms with van der Waals surface area (Å²) >= 11 is 0. The van der Waals surface area contributed by atoms with Gasteiger partial charge in [0.1, 0.15) is 37.0 Å². The van der Waals surface area contributed by atoms with Gasteiger partial charge in [0.25, 0.3) is 0 Å². The van der Waals surface area contributed by atoms with E-state index in [1.165, 1.54) is 0 Å². The van der Waals surface area contributed by atoms with Crippen LogP contribution in [0.3, 0.4) is 0 Å². The zero-order chi connectivity index (χ0) is 22.1. The van der Waals surface area contributed by atoms with Crippen molar-refractivity contribution in [3.8, 4) is 11.5 Å². The lowest BCUT2D eigenvalue weighted by Gasteiger charge is -2.28. The highest BCUT2D eigenvalue weighted by molar-refractivity contribution is 5.96. The first-order chi connectivity index (χ1) is 14.0. The third-order valence-electron chi connectivity index (χ3n) is 5.14. The van der Waals surface area contributed by atoms with Gasteiger partial charge in [-0.15, -0.1) is 0 Å². The minimum absolute atomic E-state index is 0.115. The Labute approximate surface area is 178 Å². The number of rotatable bonds is 5. The Morgan fingerprint density at radius 3 is 2.13 bits per heavy atom. The van der Waals surface area contributed by atoms with Crippen LogP contribution in [0.15, 0.2) is 41.4 Å². The summed E-state index contributed by atoms with van der Waals surface area (Å²) < 4.78 is 11.7. The number of hydrogen-bond donors (Lipinski definition) is 1. The lowest BCUT2D eigenvalue weighted by atomic mass is 9.78. The summed E-state index contributed by atoms with van der Waals surface area (Å²) in [6.07, 6.45) is 0.806. The number of phenolic OH excluding ortho intramolecular Hbond substituents is 1. The molecule has 5 nitrogen and oxygen atoms in total. The van der Waals surface area contributed by atoms with Crippen molar-refractivity contribution in [1.29, 1.82) is 0 Å². The average Bonchev–Trinajstić information content (AvgIpc) is 3.14. The third kappa shape index (κ3) is 4.84. The molecule has 0 saturated heterocycles. The van der Waals surface area contributed by atoms with Crippen LogP contribution in [0, 0.1) is 0 Å². The summed E-state index contributed by atoms with van der Waals surface area (Å²) in [4.78, 5) is 15.5. The Hall–Kier alpha value is -2.82. The molecule has 1 atom stereocenters. The average molecular weight is 410 g/mol. The summed E-state index contributed by atoms with van der Waals surface area (Å²) in [5.74, 6) is 1.62. The molecule has 1 aliphatic heterocycles. The van der Waals surface area contributed by atoms with E-state index in [1.807, 2.05) is 12.1 Å². The summed E-state index contributed by atoms with van der Waals surface area (Å²) in [6, 6.07) is 10.8. The van der Waals surface area contributed by atoms with E-state index >= 15 is 0 Å². The van der Waals surface area contributed by atoms with E-state index in [9.17, 15) is 9.90 Å². The van der Waals surface area contributed by atoms with Gasteiger partial charge in [0, 0.05) is 22.3 Å². The molecular formula is C25H31NO4. The highest BCUT2D eigenvalue weighted by Crippen LogP contribution is 2.40. The lowest BCUT2D eigenvalue weighted by molar-refractivity contribution is 0.112. The van der Waals surface area contributed by atoms with Gasteiger partial charge in [-0.3, -0.25) is 4.79 Å². The number of aromatic hydroxyl groups is 1.